The number of nitrogens with one attached hydrogen (secondary N) is 2. The Morgan fingerprint density at radius 1 is 1.53 bits per heavy atom. The van der Waals surface area contributed by atoms with Crippen LogP contribution in [-0.2, 0) is 22.6 Å². The summed E-state index contributed by atoms with van der Waals surface area (Å²) in [5.74, 6) is -0.177. The highest BCUT2D eigenvalue weighted by Gasteiger charge is 2.38. The van der Waals surface area contributed by atoms with E-state index in [2.05, 4.69) is 15.3 Å². The van der Waals surface area contributed by atoms with Crippen LogP contribution in [0.25, 0.3) is 0 Å². The summed E-state index contributed by atoms with van der Waals surface area (Å²) >= 11 is 1.47. The molecule has 2 atom stereocenters. The van der Waals surface area contributed by atoms with Gasteiger partial charge in [-0.05, 0) is 0 Å². The van der Waals surface area contributed by atoms with Crippen LogP contribution in [0.3, 0.4) is 0 Å². The van der Waals surface area contributed by atoms with E-state index in [1.165, 1.54) is 16.7 Å². The van der Waals surface area contributed by atoms with Gasteiger partial charge in [-0.25, -0.2) is 9.78 Å². The van der Waals surface area contributed by atoms with Gasteiger partial charge in [-0.2, -0.15) is 0 Å². The van der Waals surface area contributed by atoms with Crippen molar-refractivity contribution in [1.29, 1.82) is 0 Å². The third kappa shape index (κ3) is 2.21. The molecule has 0 aromatic carbocycles. The number of H-pyrrole nitrogens is 1. The van der Waals surface area contributed by atoms with E-state index in [4.69, 9.17) is 5.11 Å². The number of rotatable bonds is 2. The predicted molar refractivity (Wildman–Crippen MR) is 68.5 cm³/mol. The van der Waals surface area contributed by atoms with Gasteiger partial charge < -0.3 is 15.0 Å². The van der Waals surface area contributed by atoms with E-state index >= 15 is 0 Å². The molecule has 3 heterocycles. The van der Waals surface area contributed by atoms with Crippen molar-refractivity contribution in [3.05, 3.63) is 17.7 Å². The third-order valence-electron chi connectivity index (χ3n) is 3.48. The van der Waals surface area contributed by atoms with Gasteiger partial charge in [0.2, 0.25) is 5.91 Å². The van der Waals surface area contributed by atoms with Crippen LogP contribution in [-0.4, -0.2) is 55.6 Å². The lowest BCUT2D eigenvalue weighted by atomic mass is 10.0. The average molecular weight is 282 g/mol. The number of carbonyl (C=O) groups excluding carboxylic acids is 1. The van der Waals surface area contributed by atoms with Crippen molar-refractivity contribution in [1.82, 2.24) is 20.2 Å². The van der Waals surface area contributed by atoms with Gasteiger partial charge in [-0.15, -0.1) is 11.8 Å². The van der Waals surface area contributed by atoms with Crippen LogP contribution in [0.5, 0.6) is 0 Å². The summed E-state index contributed by atoms with van der Waals surface area (Å²) in [7, 11) is 0. The molecule has 0 aliphatic carbocycles. The SMILES string of the molecule is O=C(O)C1CSCN1C(=O)C1Cc2nc[nH]c2CN1. The first kappa shape index (κ1) is 12.5. The summed E-state index contributed by atoms with van der Waals surface area (Å²) in [4.78, 5) is 32.2. The molecule has 0 bridgehead atoms. The molecule has 102 valence electrons. The van der Waals surface area contributed by atoms with Crippen molar-refractivity contribution in [2.45, 2.75) is 25.0 Å². The minimum Gasteiger partial charge on any atom is -0.480 e. The van der Waals surface area contributed by atoms with Crippen molar-refractivity contribution >= 4 is 23.6 Å². The van der Waals surface area contributed by atoms with E-state index in [-0.39, 0.29) is 11.9 Å². The summed E-state index contributed by atoms with van der Waals surface area (Å²) in [5, 5.41) is 12.2. The smallest absolute Gasteiger partial charge is 0.327 e. The highest BCUT2D eigenvalue weighted by molar-refractivity contribution is 7.99. The second-order valence-corrected chi connectivity index (χ2v) is 5.63. The Labute approximate surface area is 113 Å². The standard InChI is InChI=1S/C11H14N4O3S/c16-10(15-5-19-3-9(15)11(17)18)7-1-6-8(2-12-7)14-4-13-6/h4,7,9,12H,1-3,5H2,(H,13,14)(H,17,18). The first-order chi connectivity index (χ1) is 9.16. The quantitative estimate of drug-likeness (QED) is 0.670. The van der Waals surface area contributed by atoms with Crippen molar-refractivity contribution in [2.24, 2.45) is 0 Å². The molecule has 0 radical (unpaired) electrons. The lowest BCUT2D eigenvalue weighted by molar-refractivity contribution is -0.148. The fourth-order valence-corrected chi connectivity index (χ4v) is 3.56. The highest BCUT2D eigenvalue weighted by Crippen LogP contribution is 2.23. The van der Waals surface area contributed by atoms with Crippen LogP contribution < -0.4 is 5.32 Å². The summed E-state index contributed by atoms with van der Waals surface area (Å²) in [5.41, 5.74) is 1.88. The maximum Gasteiger partial charge on any atom is 0.327 e. The number of amides is 1. The Morgan fingerprint density at radius 3 is 3.16 bits per heavy atom. The number of imidazole rings is 1. The molecule has 1 saturated heterocycles. The molecule has 2 unspecified atom stereocenters. The molecule has 0 saturated carbocycles. The molecule has 7 nitrogen and oxygen atoms in total. The number of aromatic nitrogens is 2. The second-order valence-electron chi connectivity index (χ2n) is 4.63. The van der Waals surface area contributed by atoms with Crippen LogP contribution in [0.4, 0.5) is 0 Å². The molecule has 8 heteroatoms. The third-order valence-corrected chi connectivity index (χ3v) is 4.49. The van der Waals surface area contributed by atoms with E-state index in [0.717, 1.165) is 11.4 Å². The fraction of sp³-hybridized carbons (Fsp3) is 0.545. The molecule has 1 fully saturated rings. The molecule has 3 N–H and O–H groups in total. The zero-order valence-electron chi connectivity index (χ0n) is 10.1. The van der Waals surface area contributed by atoms with E-state index in [1.807, 2.05) is 0 Å². The van der Waals surface area contributed by atoms with Crippen molar-refractivity contribution in [3.8, 4) is 0 Å². The van der Waals surface area contributed by atoms with Crippen LogP contribution >= 0.6 is 11.8 Å². The molecule has 1 aromatic rings. The van der Waals surface area contributed by atoms with Gasteiger partial charge in [0.25, 0.3) is 0 Å². The summed E-state index contributed by atoms with van der Waals surface area (Å²) in [6.45, 7) is 0.560. The van der Waals surface area contributed by atoms with Crippen molar-refractivity contribution in [2.75, 3.05) is 11.6 Å². The Morgan fingerprint density at radius 2 is 2.37 bits per heavy atom. The van der Waals surface area contributed by atoms with Gasteiger partial charge in [0, 0.05) is 18.7 Å². The number of carboxylic acid groups (broad SMARTS) is 1. The zero-order valence-corrected chi connectivity index (χ0v) is 10.9. The number of carboxylic acids is 1. The number of aromatic amines is 1. The van der Waals surface area contributed by atoms with Crippen LogP contribution in [0.15, 0.2) is 6.33 Å². The number of aliphatic carboxylic acids is 1. The van der Waals surface area contributed by atoms with Gasteiger partial charge in [-0.3, -0.25) is 10.1 Å². The number of hydrogen-bond acceptors (Lipinski definition) is 5. The highest BCUT2D eigenvalue weighted by atomic mass is 32.2. The lowest BCUT2D eigenvalue weighted by Gasteiger charge is -2.28. The normalized spacial score (nSPS) is 26.2. The Kier molecular flexibility index (Phi) is 3.19. The van der Waals surface area contributed by atoms with Crippen LogP contribution in [0, 0.1) is 0 Å². The Balaban J connectivity index is 1.73. The lowest BCUT2D eigenvalue weighted by Crippen LogP contribution is -2.52. The predicted octanol–water partition coefficient (Wildman–Crippen LogP) is -0.590. The van der Waals surface area contributed by atoms with Gasteiger partial charge in [0.1, 0.15) is 6.04 Å². The first-order valence-corrected chi connectivity index (χ1v) is 7.18. The van der Waals surface area contributed by atoms with Crippen LogP contribution in [0.2, 0.25) is 0 Å². The fourth-order valence-electron chi connectivity index (χ4n) is 2.41. The number of hydrogen-bond donors (Lipinski definition) is 3. The summed E-state index contributed by atoms with van der Waals surface area (Å²) in [6.07, 6.45) is 2.12. The van der Waals surface area contributed by atoms with E-state index in [9.17, 15) is 9.59 Å². The maximum absolute atomic E-state index is 12.4. The van der Waals surface area contributed by atoms with Gasteiger partial charge in [0.05, 0.1) is 29.6 Å². The van der Waals surface area contributed by atoms with Crippen molar-refractivity contribution in [3.63, 3.8) is 0 Å². The molecule has 3 rings (SSSR count). The monoisotopic (exact) mass is 282 g/mol. The van der Waals surface area contributed by atoms with Gasteiger partial charge in [-0.1, -0.05) is 0 Å². The molecule has 19 heavy (non-hydrogen) atoms. The molecule has 2 aliphatic heterocycles. The minimum absolute atomic E-state index is 0.147. The molecule has 1 amide bonds. The molecule has 1 aromatic heterocycles. The van der Waals surface area contributed by atoms with Gasteiger partial charge in [0.15, 0.2) is 0 Å². The first-order valence-electron chi connectivity index (χ1n) is 6.02. The van der Waals surface area contributed by atoms with E-state index < -0.39 is 12.0 Å². The van der Waals surface area contributed by atoms with Crippen LogP contribution in [0.1, 0.15) is 11.4 Å². The van der Waals surface area contributed by atoms with Gasteiger partial charge >= 0.3 is 5.97 Å². The maximum atomic E-state index is 12.4. The van der Waals surface area contributed by atoms with Crippen molar-refractivity contribution < 1.29 is 14.7 Å². The molecule has 0 spiro atoms. The number of carbonyl (C=O) groups is 2. The second kappa shape index (κ2) is 4.86. The molecular formula is C11H14N4O3S. The zero-order chi connectivity index (χ0) is 13.4. The molecule has 2 aliphatic rings. The molecular weight excluding hydrogens is 268 g/mol. The van der Waals surface area contributed by atoms with E-state index in [1.54, 1.807) is 6.33 Å². The number of thioether (sulfide) groups is 1. The average Bonchev–Trinajstić information content (AvgIpc) is 3.05. The Hall–Kier alpha value is -1.54. The Bertz CT molecular complexity index is 518. The summed E-state index contributed by atoms with van der Waals surface area (Å²) in [6, 6.07) is -1.09. The minimum atomic E-state index is -0.936. The topological polar surface area (TPSA) is 98.3 Å². The largest absolute Gasteiger partial charge is 0.480 e. The number of nitrogens with zero attached hydrogens (tertiary/aromatic N) is 2. The summed E-state index contributed by atoms with van der Waals surface area (Å²) < 4.78 is 0. The van der Waals surface area contributed by atoms with E-state index in [0.29, 0.717) is 24.6 Å². The number of fused-ring (bicyclic) bond motifs is 1.